The zero-order chi connectivity index (χ0) is 19.8. The highest BCUT2D eigenvalue weighted by Crippen LogP contribution is 2.51. The number of fused-ring (bicyclic) bond motifs is 1. The van der Waals surface area contributed by atoms with Crippen LogP contribution in [0.15, 0.2) is 60.7 Å². The van der Waals surface area contributed by atoms with Gasteiger partial charge < -0.3 is 20.5 Å². The molecule has 3 N–H and O–H groups in total. The van der Waals surface area contributed by atoms with E-state index < -0.39 is 5.41 Å². The van der Waals surface area contributed by atoms with Gasteiger partial charge in [0.05, 0.1) is 11.1 Å². The van der Waals surface area contributed by atoms with E-state index in [-0.39, 0.29) is 15.6 Å². The van der Waals surface area contributed by atoms with Gasteiger partial charge in [-0.1, -0.05) is 30.3 Å². The second-order valence-electron chi connectivity index (χ2n) is 7.42. The molecule has 0 radical (unpaired) electrons. The van der Waals surface area contributed by atoms with E-state index in [4.69, 9.17) is 15.2 Å². The molecule has 1 aliphatic carbocycles. The maximum Gasteiger partial charge on any atom is 0.236 e. The van der Waals surface area contributed by atoms with Crippen LogP contribution in [-0.2, 0) is 16.8 Å². The monoisotopic (exact) mass is 391 g/mol. The van der Waals surface area contributed by atoms with Crippen LogP contribution in [0.25, 0.3) is 11.3 Å². The number of rotatable bonds is 5. The zero-order valence-corrected chi connectivity index (χ0v) is 15.9. The highest BCUT2D eigenvalue weighted by Gasteiger charge is 2.51. The molecule has 1 saturated carbocycles. The fourth-order valence-corrected chi connectivity index (χ4v) is 3.72. The van der Waals surface area contributed by atoms with E-state index in [2.05, 4.69) is 10.3 Å². The number of carbonyl (C=O) groups is 1. The van der Waals surface area contributed by atoms with Gasteiger partial charge in [-0.05, 0) is 54.3 Å². The topological polar surface area (TPSA) is 86.5 Å². The molecule has 6 nitrogen and oxygen atoms in total. The van der Waals surface area contributed by atoms with Crippen LogP contribution in [-0.4, -0.2) is 17.7 Å². The third kappa shape index (κ3) is 3.21. The highest BCUT2D eigenvalue weighted by molar-refractivity contribution is 6.01. The van der Waals surface area contributed by atoms with Crippen molar-refractivity contribution in [3.05, 3.63) is 71.8 Å². The average Bonchev–Trinajstić information content (AvgIpc) is 3.45. The van der Waals surface area contributed by atoms with Gasteiger partial charge in [0.1, 0.15) is 5.82 Å². The Hall–Kier alpha value is -3.38. The summed E-state index contributed by atoms with van der Waals surface area (Å²) in [5.41, 5.74) is 8.97. The van der Waals surface area contributed by atoms with Gasteiger partial charge in [0.2, 0.25) is 12.7 Å². The number of hydrogen-bond acceptors (Lipinski definition) is 5. The molecule has 2 aromatic carbocycles. The smallest absolute Gasteiger partial charge is 0.236 e. The van der Waals surface area contributed by atoms with Crippen molar-refractivity contribution < 1.29 is 17.1 Å². The minimum Gasteiger partial charge on any atom is -0.454 e. The van der Waals surface area contributed by atoms with Crippen LogP contribution in [0.2, 0.25) is 0 Å². The molecule has 6 heteroatoms. The predicted molar refractivity (Wildman–Crippen MR) is 114 cm³/mol. The molecule has 0 saturated heterocycles. The largest absolute Gasteiger partial charge is 0.454 e. The maximum atomic E-state index is 13.1. The molecule has 1 aromatic heterocycles. The Morgan fingerprint density at radius 1 is 1.07 bits per heavy atom. The molecule has 29 heavy (non-hydrogen) atoms. The van der Waals surface area contributed by atoms with Crippen molar-refractivity contribution in [1.29, 1.82) is 0 Å². The molecule has 1 fully saturated rings. The standard InChI is InChI=1S/C23H21N3O3.2H2/c24-13-15-3-1-4-16(11-15)18-5-2-6-21(25-18)26-22(27)23(9-10-23)17-7-8-19-20(12-17)29-14-28-19;;/h1-8,11-12H,9-10,13-14,24H2,(H,25,26,27);2*1H. The van der Waals surface area contributed by atoms with Gasteiger partial charge in [-0.2, -0.15) is 0 Å². The SMILES string of the molecule is NCc1cccc(-c2cccc(NC(=O)C3(c4ccc5c(c4)OCO5)CC3)n2)c1.[HH].[HH]. The summed E-state index contributed by atoms with van der Waals surface area (Å²) in [6.45, 7) is 0.697. The minimum absolute atomic E-state index is 0. The summed E-state index contributed by atoms with van der Waals surface area (Å²) in [6.07, 6.45) is 1.60. The number of aromatic nitrogens is 1. The Labute approximate surface area is 171 Å². The lowest BCUT2D eigenvalue weighted by atomic mass is 9.94. The molecule has 3 aromatic rings. The molecule has 0 bridgehead atoms. The second kappa shape index (κ2) is 6.90. The fourth-order valence-electron chi connectivity index (χ4n) is 3.72. The molecule has 0 spiro atoms. The Bertz CT molecular complexity index is 1100. The maximum absolute atomic E-state index is 13.1. The molecule has 2 heterocycles. The second-order valence-corrected chi connectivity index (χ2v) is 7.42. The fraction of sp³-hybridized carbons (Fsp3) is 0.217. The van der Waals surface area contributed by atoms with Crippen molar-refractivity contribution in [2.24, 2.45) is 5.73 Å². The lowest BCUT2D eigenvalue weighted by Gasteiger charge is -2.16. The number of benzene rings is 2. The van der Waals surface area contributed by atoms with E-state index in [1.807, 2.05) is 60.7 Å². The number of nitrogens with two attached hydrogens (primary N) is 1. The Morgan fingerprint density at radius 2 is 1.90 bits per heavy atom. The van der Waals surface area contributed by atoms with Crippen LogP contribution >= 0.6 is 0 Å². The Balaban J connectivity index is 0.00000136. The normalized spacial score (nSPS) is 15.8. The molecule has 150 valence electrons. The molecule has 1 aliphatic heterocycles. The third-order valence-corrected chi connectivity index (χ3v) is 5.56. The van der Waals surface area contributed by atoms with E-state index in [0.717, 1.165) is 41.0 Å². The number of pyridine rings is 1. The number of hydrogen-bond donors (Lipinski definition) is 2. The van der Waals surface area contributed by atoms with Gasteiger partial charge in [-0.15, -0.1) is 0 Å². The Morgan fingerprint density at radius 3 is 2.72 bits per heavy atom. The molecule has 1 amide bonds. The minimum atomic E-state index is -0.530. The summed E-state index contributed by atoms with van der Waals surface area (Å²) in [5, 5.41) is 3.00. The van der Waals surface area contributed by atoms with Crippen molar-refractivity contribution in [3.63, 3.8) is 0 Å². The number of nitrogens with one attached hydrogen (secondary N) is 1. The average molecular weight is 391 g/mol. The lowest BCUT2D eigenvalue weighted by Crippen LogP contribution is -2.28. The predicted octanol–water partition coefficient (Wildman–Crippen LogP) is 4.10. The number of anilines is 1. The quantitative estimate of drug-likeness (QED) is 0.684. The first-order chi connectivity index (χ1) is 14.2. The molecular weight excluding hydrogens is 366 g/mol. The van der Waals surface area contributed by atoms with E-state index >= 15 is 0 Å². The highest BCUT2D eigenvalue weighted by atomic mass is 16.7. The van der Waals surface area contributed by atoms with Gasteiger partial charge in [-0.25, -0.2) is 4.98 Å². The lowest BCUT2D eigenvalue weighted by molar-refractivity contribution is -0.118. The van der Waals surface area contributed by atoms with Crippen molar-refractivity contribution in [3.8, 4) is 22.8 Å². The van der Waals surface area contributed by atoms with Gasteiger partial charge in [0.15, 0.2) is 11.5 Å². The number of amides is 1. The summed E-state index contributed by atoms with van der Waals surface area (Å²) in [7, 11) is 0. The van der Waals surface area contributed by atoms with Crippen LogP contribution in [0.3, 0.4) is 0 Å². The van der Waals surface area contributed by atoms with Crippen LogP contribution in [0.5, 0.6) is 11.5 Å². The van der Waals surface area contributed by atoms with E-state index in [1.165, 1.54) is 0 Å². The van der Waals surface area contributed by atoms with Crippen molar-refractivity contribution >= 4 is 11.7 Å². The summed E-state index contributed by atoms with van der Waals surface area (Å²) in [5.74, 6) is 1.91. The first-order valence-electron chi connectivity index (χ1n) is 9.66. The molecule has 2 aliphatic rings. The van der Waals surface area contributed by atoms with Gasteiger partial charge in [0.25, 0.3) is 0 Å². The summed E-state index contributed by atoms with van der Waals surface area (Å²) in [6, 6.07) is 19.3. The van der Waals surface area contributed by atoms with Crippen molar-refractivity contribution in [1.82, 2.24) is 4.98 Å². The third-order valence-electron chi connectivity index (χ3n) is 5.56. The van der Waals surface area contributed by atoms with Gasteiger partial charge in [-0.3, -0.25) is 4.79 Å². The van der Waals surface area contributed by atoms with Crippen molar-refractivity contribution in [2.75, 3.05) is 12.1 Å². The molecular formula is C23H25N3O3. The first kappa shape index (κ1) is 17.7. The number of ether oxygens (including phenoxy) is 2. The molecule has 0 unspecified atom stereocenters. The molecule has 0 atom stereocenters. The van der Waals surface area contributed by atoms with Crippen LogP contribution in [0, 0.1) is 0 Å². The van der Waals surface area contributed by atoms with Crippen molar-refractivity contribution in [2.45, 2.75) is 24.8 Å². The Kier molecular flexibility index (Phi) is 4.21. The van der Waals surface area contributed by atoms with Crippen LogP contribution in [0.1, 0.15) is 26.8 Å². The zero-order valence-electron chi connectivity index (χ0n) is 15.9. The van der Waals surface area contributed by atoms with Gasteiger partial charge in [0, 0.05) is 15.0 Å². The number of carbonyl (C=O) groups excluding carboxylic acids is 1. The first-order valence-corrected chi connectivity index (χ1v) is 9.66. The van der Waals surface area contributed by atoms with Crippen LogP contribution in [0.4, 0.5) is 5.82 Å². The van der Waals surface area contributed by atoms with E-state index in [1.54, 1.807) is 0 Å². The molecule has 5 rings (SSSR count). The summed E-state index contributed by atoms with van der Waals surface area (Å²) in [4.78, 5) is 17.7. The van der Waals surface area contributed by atoms with E-state index in [0.29, 0.717) is 18.1 Å². The summed E-state index contributed by atoms with van der Waals surface area (Å²) < 4.78 is 10.8. The number of nitrogens with zero attached hydrogens (tertiary/aromatic N) is 1. The van der Waals surface area contributed by atoms with E-state index in [9.17, 15) is 4.79 Å². The summed E-state index contributed by atoms with van der Waals surface area (Å²) >= 11 is 0. The van der Waals surface area contributed by atoms with Gasteiger partial charge >= 0.3 is 0 Å². The van der Waals surface area contributed by atoms with Crippen LogP contribution < -0.4 is 20.5 Å².